The van der Waals surface area contributed by atoms with Crippen molar-refractivity contribution in [3.05, 3.63) is 52.1 Å². The van der Waals surface area contributed by atoms with Crippen LogP contribution in [-0.4, -0.2) is 17.4 Å². The van der Waals surface area contributed by atoms with Crippen LogP contribution >= 0.6 is 15.9 Å². The van der Waals surface area contributed by atoms with Crippen molar-refractivity contribution in [2.24, 2.45) is 0 Å². The highest BCUT2D eigenvalue weighted by atomic mass is 79.9. The summed E-state index contributed by atoms with van der Waals surface area (Å²) in [5.74, 6) is 0.181. The quantitative estimate of drug-likeness (QED) is 0.861. The number of aromatic nitrogens is 1. The van der Waals surface area contributed by atoms with Gasteiger partial charge in [-0.05, 0) is 52.9 Å². The van der Waals surface area contributed by atoms with Crippen molar-refractivity contribution in [2.45, 2.75) is 19.3 Å². The van der Waals surface area contributed by atoms with E-state index in [1.54, 1.807) is 12.3 Å². The minimum Gasteiger partial charge on any atom is -0.383 e. The number of aryl methyl sites for hydroxylation is 1. The van der Waals surface area contributed by atoms with Gasteiger partial charge in [0, 0.05) is 22.9 Å². The Labute approximate surface area is 132 Å². The predicted octanol–water partition coefficient (Wildman–Crippen LogP) is 3.41. The number of benzene rings is 1. The number of nitrogens with zero attached hydrogens (tertiary/aromatic N) is 2. The highest BCUT2D eigenvalue weighted by Crippen LogP contribution is 2.28. The zero-order valence-electron chi connectivity index (χ0n) is 11.6. The highest BCUT2D eigenvalue weighted by molar-refractivity contribution is 9.10. The van der Waals surface area contributed by atoms with E-state index in [0.29, 0.717) is 12.1 Å². The van der Waals surface area contributed by atoms with E-state index >= 15 is 0 Å². The standard InChI is InChI=1S/C16H16BrN3O/c17-12-9-13(15(18)19-10-12)16(21)20-8-4-3-6-11-5-1-2-7-14(11)20/h1-2,5,7,9-10H,3-4,6,8H2,(H2,18,19). The number of halogens is 1. The molecular formula is C16H16BrN3O. The van der Waals surface area contributed by atoms with Gasteiger partial charge in [-0.15, -0.1) is 0 Å². The Morgan fingerprint density at radius 2 is 2.10 bits per heavy atom. The third-order valence-corrected chi connectivity index (χ3v) is 4.15. The minimum atomic E-state index is -0.0874. The van der Waals surface area contributed by atoms with Crippen LogP contribution in [0.4, 0.5) is 11.5 Å². The molecule has 0 bridgehead atoms. The summed E-state index contributed by atoms with van der Waals surface area (Å²) >= 11 is 3.35. The summed E-state index contributed by atoms with van der Waals surface area (Å²) < 4.78 is 0.753. The predicted molar refractivity (Wildman–Crippen MR) is 87.4 cm³/mol. The highest BCUT2D eigenvalue weighted by Gasteiger charge is 2.24. The normalized spacial score (nSPS) is 14.4. The van der Waals surface area contributed by atoms with Crippen LogP contribution in [0.25, 0.3) is 0 Å². The number of para-hydroxylation sites is 1. The monoisotopic (exact) mass is 345 g/mol. The van der Waals surface area contributed by atoms with Gasteiger partial charge < -0.3 is 10.6 Å². The number of nitrogen functional groups attached to an aromatic ring is 1. The van der Waals surface area contributed by atoms with Gasteiger partial charge in [0.15, 0.2) is 0 Å². The summed E-state index contributed by atoms with van der Waals surface area (Å²) in [6, 6.07) is 9.80. The smallest absolute Gasteiger partial charge is 0.262 e. The first-order chi connectivity index (χ1) is 10.2. The van der Waals surface area contributed by atoms with Crippen molar-refractivity contribution < 1.29 is 4.79 Å². The molecule has 0 spiro atoms. The van der Waals surface area contributed by atoms with Crippen LogP contribution in [0.1, 0.15) is 28.8 Å². The van der Waals surface area contributed by atoms with Crippen LogP contribution in [-0.2, 0) is 6.42 Å². The average Bonchev–Trinajstić information content (AvgIpc) is 2.71. The molecule has 2 heterocycles. The number of anilines is 2. The fraction of sp³-hybridized carbons (Fsp3) is 0.250. The molecular weight excluding hydrogens is 330 g/mol. The number of hydrogen-bond acceptors (Lipinski definition) is 3. The molecule has 0 fully saturated rings. The Hall–Kier alpha value is -1.88. The SMILES string of the molecule is Nc1ncc(Br)cc1C(=O)N1CCCCc2ccccc21. The molecule has 0 atom stereocenters. The first kappa shape index (κ1) is 14.1. The van der Waals surface area contributed by atoms with E-state index in [4.69, 9.17) is 5.73 Å². The van der Waals surface area contributed by atoms with E-state index in [0.717, 1.165) is 29.4 Å². The third kappa shape index (κ3) is 2.78. The Morgan fingerprint density at radius 3 is 2.95 bits per heavy atom. The van der Waals surface area contributed by atoms with Gasteiger partial charge in [0.25, 0.3) is 5.91 Å². The molecule has 1 aliphatic rings. The number of pyridine rings is 1. The Bertz CT molecular complexity index is 687. The van der Waals surface area contributed by atoms with Crippen LogP contribution in [0.15, 0.2) is 41.0 Å². The molecule has 0 unspecified atom stereocenters. The molecule has 1 aliphatic heterocycles. The first-order valence-corrected chi connectivity index (χ1v) is 7.77. The Balaban J connectivity index is 2.03. The van der Waals surface area contributed by atoms with Gasteiger partial charge in [-0.1, -0.05) is 18.2 Å². The summed E-state index contributed by atoms with van der Waals surface area (Å²) in [5.41, 5.74) is 8.52. The number of amides is 1. The van der Waals surface area contributed by atoms with E-state index in [1.807, 2.05) is 23.1 Å². The second kappa shape index (κ2) is 5.85. The number of fused-ring (bicyclic) bond motifs is 1. The van der Waals surface area contributed by atoms with Crippen molar-refractivity contribution >= 4 is 33.3 Å². The number of hydrogen-bond donors (Lipinski definition) is 1. The molecule has 0 aliphatic carbocycles. The van der Waals surface area contributed by atoms with Crippen molar-refractivity contribution in [3.8, 4) is 0 Å². The first-order valence-electron chi connectivity index (χ1n) is 6.97. The van der Waals surface area contributed by atoms with Gasteiger partial charge in [0.05, 0.1) is 5.56 Å². The Morgan fingerprint density at radius 1 is 1.29 bits per heavy atom. The summed E-state index contributed by atoms with van der Waals surface area (Å²) in [5, 5.41) is 0. The lowest BCUT2D eigenvalue weighted by Gasteiger charge is -2.23. The molecule has 3 rings (SSSR count). The van der Waals surface area contributed by atoms with Crippen molar-refractivity contribution in [1.82, 2.24) is 4.98 Å². The van der Waals surface area contributed by atoms with E-state index < -0.39 is 0 Å². The van der Waals surface area contributed by atoms with Gasteiger partial charge in [-0.25, -0.2) is 4.98 Å². The van der Waals surface area contributed by atoms with Gasteiger partial charge in [0.2, 0.25) is 0 Å². The van der Waals surface area contributed by atoms with Crippen molar-refractivity contribution in [2.75, 3.05) is 17.2 Å². The molecule has 1 amide bonds. The van der Waals surface area contributed by atoms with E-state index in [-0.39, 0.29) is 11.7 Å². The fourth-order valence-corrected chi connectivity index (χ4v) is 3.00. The number of carbonyl (C=O) groups excluding carboxylic acids is 1. The second-order valence-electron chi connectivity index (χ2n) is 5.13. The van der Waals surface area contributed by atoms with E-state index in [9.17, 15) is 4.79 Å². The lowest BCUT2D eigenvalue weighted by molar-refractivity contribution is 0.0987. The average molecular weight is 346 g/mol. The number of rotatable bonds is 1. The zero-order chi connectivity index (χ0) is 14.8. The molecule has 2 N–H and O–H groups in total. The summed E-state index contributed by atoms with van der Waals surface area (Å²) in [6.45, 7) is 0.710. The Kier molecular flexibility index (Phi) is 3.92. The van der Waals surface area contributed by atoms with Crippen LogP contribution in [0.2, 0.25) is 0 Å². The fourth-order valence-electron chi connectivity index (χ4n) is 2.67. The molecule has 0 radical (unpaired) electrons. The van der Waals surface area contributed by atoms with Gasteiger partial charge in [0.1, 0.15) is 5.82 Å². The minimum absolute atomic E-state index is 0.0874. The van der Waals surface area contributed by atoms with Crippen LogP contribution < -0.4 is 10.6 Å². The largest absolute Gasteiger partial charge is 0.383 e. The number of nitrogens with two attached hydrogens (primary N) is 1. The topological polar surface area (TPSA) is 59.2 Å². The maximum absolute atomic E-state index is 12.9. The summed E-state index contributed by atoms with van der Waals surface area (Å²) in [6.07, 6.45) is 4.68. The summed E-state index contributed by atoms with van der Waals surface area (Å²) in [4.78, 5) is 18.8. The molecule has 1 aromatic heterocycles. The second-order valence-corrected chi connectivity index (χ2v) is 6.04. The van der Waals surface area contributed by atoms with E-state index in [2.05, 4.69) is 27.0 Å². The lowest BCUT2D eigenvalue weighted by atomic mass is 10.1. The third-order valence-electron chi connectivity index (χ3n) is 3.72. The maximum atomic E-state index is 12.9. The van der Waals surface area contributed by atoms with Crippen LogP contribution in [0, 0.1) is 0 Å². The molecule has 2 aromatic rings. The zero-order valence-corrected chi connectivity index (χ0v) is 13.1. The van der Waals surface area contributed by atoms with E-state index in [1.165, 1.54) is 5.56 Å². The summed E-state index contributed by atoms with van der Waals surface area (Å²) in [7, 11) is 0. The van der Waals surface area contributed by atoms with Crippen molar-refractivity contribution in [3.63, 3.8) is 0 Å². The van der Waals surface area contributed by atoms with Crippen LogP contribution in [0.5, 0.6) is 0 Å². The van der Waals surface area contributed by atoms with Gasteiger partial charge >= 0.3 is 0 Å². The molecule has 5 heteroatoms. The number of carbonyl (C=O) groups is 1. The maximum Gasteiger partial charge on any atom is 0.262 e. The lowest BCUT2D eigenvalue weighted by Crippen LogP contribution is -2.32. The molecule has 0 saturated heterocycles. The molecule has 4 nitrogen and oxygen atoms in total. The molecule has 108 valence electrons. The molecule has 21 heavy (non-hydrogen) atoms. The van der Waals surface area contributed by atoms with Gasteiger partial charge in [-0.3, -0.25) is 4.79 Å². The van der Waals surface area contributed by atoms with Crippen LogP contribution in [0.3, 0.4) is 0 Å². The van der Waals surface area contributed by atoms with Crippen molar-refractivity contribution in [1.29, 1.82) is 0 Å². The molecule has 0 saturated carbocycles. The van der Waals surface area contributed by atoms with Gasteiger partial charge in [-0.2, -0.15) is 0 Å². The molecule has 1 aromatic carbocycles.